The maximum Gasteiger partial charge on any atom is 0.416 e. The predicted octanol–water partition coefficient (Wildman–Crippen LogP) is 13.7. The molecule has 0 bridgehead atoms. The first-order chi connectivity index (χ1) is 27.0. The minimum atomic E-state index is -5.14. The zero-order chi connectivity index (χ0) is 43.5. The molecule has 0 spiro atoms. The van der Waals surface area contributed by atoms with Crippen LogP contribution in [0.3, 0.4) is 0 Å². The van der Waals surface area contributed by atoms with Gasteiger partial charge < -0.3 is 17.0 Å². The molecule has 1 aliphatic heterocycles. The first kappa shape index (κ1) is 45.4. The molecular formula is C46H38BrF12P. The molecule has 0 radical (unpaired) electrons. The number of fused-ring (bicyclic) bond motifs is 7. The summed E-state index contributed by atoms with van der Waals surface area (Å²) in [4.78, 5) is 0. The number of alkyl halides is 12. The molecule has 0 aliphatic carbocycles. The van der Waals surface area contributed by atoms with Gasteiger partial charge in [0, 0.05) is 18.4 Å². The van der Waals surface area contributed by atoms with E-state index < -0.39 is 64.5 Å². The van der Waals surface area contributed by atoms with Crippen LogP contribution in [0.4, 0.5) is 52.7 Å². The second kappa shape index (κ2) is 14.8. The first-order valence-corrected chi connectivity index (χ1v) is 20.7. The molecule has 0 nitrogen and oxygen atoms in total. The quantitative estimate of drug-likeness (QED) is 0.120. The van der Waals surface area contributed by atoms with Gasteiger partial charge in [0.1, 0.15) is 0 Å². The Hall–Kier alpha value is -4.09. The van der Waals surface area contributed by atoms with Gasteiger partial charge in [-0.15, -0.1) is 0 Å². The number of benzene rings is 6. The van der Waals surface area contributed by atoms with E-state index >= 15 is 0 Å². The number of rotatable bonds is 2. The van der Waals surface area contributed by atoms with E-state index in [2.05, 4.69) is 0 Å². The van der Waals surface area contributed by atoms with Crippen molar-refractivity contribution in [2.24, 2.45) is 0 Å². The molecule has 0 amide bonds. The number of hydrogen-bond donors (Lipinski definition) is 0. The van der Waals surface area contributed by atoms with Crippen LogP contribution in [0.2, 0.25) is 0 Å². The molecule has 0 fully saturated rings. The predicted molar refractivity (Wildman–Crippen MR) is 212 cm³/mol. The third kappa shape index (κ3) is 7.94. The standard InChI is InChI=1S/C46H38F12P.BrH/c1-41(2,3)59(42(4,5)6)23-37-35(27-15-29(43(47,48)49)21-30(16-27)44(50,51)52)19-25-11-7-9-13-33(25)39(37)40-34-14-10-8-12-26(34)20-36(38(40)24-59)28-17-31(45(53,54)55)22-32(18-28)46(56,57)58;/h7-22H,23-24H2,1-6H3;1H/q+1;/p-1. The van der Waals surface area contributed by atoms with E-state index in [-0.39, 0.29) is 63.7 Å². The number of hydrogen-bond acceptors (Lipinski definition) is 0. The third-order valence-corrected chi connectivity index (χ3v) is 18.6. The molecule has 0 unspecified atom stereocenters. The molecular weight excluding hydrogens is 891 g/mol. The van der Waals surface area contributed by atoms with Gasteiger partial charge in [-0.05, 0) is 145 Å². The van der Waals surface area contributed by atoms with Crippen molar-refractivity contribution in [1.82, 2.24) is 0 Å². The van der Waals surface area contributed by atoms with Gasteiger partial charge >= 0.3 is 24.7 Å². The lowest BCUT2D eigenvalue weighted by atomic mass is 9.81. The van der Waals surface area contributed by atoms with Crippen LogP contribution in [0.5, 0.6) is 0 Å². The van der Waals surface area contributed by atoms with E-state index in [0.29, 0.717) is 68.1 Å². The summed E-state index contributed by atoms with van der Waals surface area (Å²) in [6, 6.07) is 19.8. The van der Waals surface area contributed by atoms with Crippen molar-refractivity contribution in [3.05, 3.63) is 130 Å². The summed E-state index contributed by atoms with van der Waals surface area (Å²) >= 11 is 0. The van der Waals surface area contributed by atoms with Gasteiger partial charge in [0.25, 0.3) is 0 Å². The highest BCUT2D eigenvalue weighted by Gasteiger charge is 2.59. The Morgan fingerprint density at radius 3 is 0.950 bits per heavy atom. The van der Waals surface area contributed by atoms with Gasteiger partial charge in [-0.3, -0.25) is 0 Å². The van der Waals surface area contributed by atoms with Gasteiger partial charge in [-0.25, -0.2) is 0 Å². The first-order valence-electron chi connectivity index (χ1n) is 18.6. The monoisotopic (exact) mass is 928 g/mol. The molecule has 0 N–H and O–H groups in total. The number of halogens is 13. The average Bonchev–Trinajstić information content (AvgIpc) is 3.29. The van der Waals surface area contributed by atoms with Crippen molar-refractivity contribution >= 4 is 28.8 Å². The lowest BCUT2D eigenvalue weighted by molar-refractivity contribution is -0.144. The summed E-state index contributed by atoms with van der Waals surface area (Å²) in [7, 11) is -2.78. The molecule has 6 aromatic carbocycles. The Morgan fingerprint density at radius 1 is 0.400 bits per heavy atom. The molecule has 1 aliphatic rings. The molecule has 14 heteroatoms. The van der Waals surface area contributed by atoms with Crippen LogP contribution in [0.15, 0.2) is 97.1 Å². The normalized spacial score (nSPS) is 15.0. The lowest BCUT2D eigenvalue weighted by Gasteiger charge is -2.47. The van der Waals surface area contributed by atoms with Crippen molar-refractivity contribution in [2.75, 3.05) is 0 Å². The van der Waals surface area contributed by atoms with Crippen molar-refractivity contribution in [3.63, 3.8) is 0 Å². The average molecular weight is 930 g/mol. The molecule has 0 atom stereocenters. The Labute approximate surface area is 350 Å². The second-order valence-electron chi connectivity index (χ2n) is 17.2. The van der Waals surface area contributed by atoms with E-state index in [4.69, 9.17) is 0 Å². The highest BCUT2D eigenvalue weighted by atomic mass is 79.9. The van der Waals surface area contributed by atoms with Gasteiger partial charge in [0.2, 0.25) is 0 Å². The zero-order valence-electron chi connectivity index (χ0n) is 33.0. The maximum atomic E-state index is 14.4. The summed E-state index contributed by atoms with van der Waals surface area (Å²) < 4.78 is 173. The van der Waals surface area contributed by atoms with Crippen LogP contribution >= 0.6 is 7.26 Å². The third-order valence-electron chi connectivity index (χ3n) is 11.8. The summed E-state index contributed by atoms with van der Waals surface area (Å²) in [6.45, 7) is 11.9. The molecule has 318 valence electrons. The highest BCUT2D eigenvalue weighted by molar-refractivity contribution is 7.77. The van der Waals surface area contributed by atoms with Gasteiger partial charge in [-0.2, -0.15) is 52.7 Å². The fourth-order valence-electron chi connectivity index (χ4n) is 8.97. The topological polar surface area (TPSA) is 0 Å². The van der Waals surface area contributed by atoms with Crippen LogP contribution in [-0.4, -0.2) is 10.3 Å². The van der Waals surface area contributed by atoms with E-state index in [1.807, 2.05) is 41.5 Å². The summed E-state index contributed by atoms with van der Waals surface area (Å²) in [5.41, 5.74) is -4.59. The molecule has 0 aromatic heterocycles. The van der Waals surface area contributed by atoms with Crippen LogP contribution in [0.1, 0.15) is 74.9 Å². The Kier molecular flexibility index (Phi) is 11.2. The van der Waals surface area contributed by atoms with E-state index in [1.54, 1.807) is 60.7 Å². The molecule has 0 saturated heterocycles. The maximum absolute atomic E-state index is 14.4. The Morgan fingerprint density at radius 2 is 0.683 bits per heavy atom. The molecule has 1 heterocycles. The van der Waals surface area contributed by atoms with Crippen molar-refractivity contribution < 1.29 is 69.7 Å². The Bertz CT molecular complexity index is 2390. The summed E-state index contributed by atoms with van der Waals surface area (Å²) in [6.07, 6.45) is -20.2. The molecule has 0 saturated carbocycles. The minimum Gasteiger partial charge on any atom is -1.00 e. The second-order valence-corrected chi connectivity index (χ2v) is 22.5. The minimum absolute atomic E-state index is 0. The van der Waals surface area contributed by atoms with Crippen LogP contribution in [0.25, 0.3) is 54.9 Å². The van der Waals surface area contributed by atoms with Crippen LogP contribution < -0.4 is 17.0 Å². The zero-order valence-corrected chi connectivity index (χ0v) is 35.5. The van der Waals surface area contributed by atoms with Crippen LogP contribution in [0, 0.1) is 0 Å². The summed E-state index contributed by atoms with van der Waals surface area (Å²) in [5.74, 6) is 0. The molecule has 60 heavy (non-hydrogen) atoms. The van der Waals surface area contributed by atoms with Gasteiger partial charge in [-0.1, -0.05) is 48.5 Å². The lowest BCUT2D eigenvalue weighted by Crippen LogP contribution is -3.00. The smallest absolute Gasteiger partial charge is 0.416 e. The van der Waals surface area contributed by atoms with E-state index in [9.17, 15) is 52.7 Å². The van der Waals surface area contributed by atoms with Crippen molar-refractivity contribution in [1.29, 1.82) is 0 Å². The molecule has 7 rings (SSSR count). The van der Waals surface area contributed by atoms with Crippen molar-refractivity contribution in [2.45, 2.75) is 88.9 Å². The largest absolute Gasteiger partial charge is 1.00 e. The molecule has 6 aromatic rings. The fourth-order valence-corrected chi connectivity index (χ4v) is 14.7. The van der Waals surface area contributed by atoms with E-state index in [0.717, 1.165) is 0 Å². The SMILES string of the molecule is CC(C)(C)[P+]1(C(C)(C)C)Cc2c(-c3cc(C(F)(F)F)cc(C(F)(F)F)c3)cc3ccccc3c2-c2c(c(-c3cc(C(F)(F)F)cc(C(F)(F)F)c3)cc3ccccc23)C1.[Br-]. The van der Waals surface area contributed by atoms with Crippen molar-refractivity contribution in [3.8, 4) is 33.4 Å². The van der Waals surface area contributed by atoms with Crippen LogP contribution in [-0.2, 0) is 37.0 Å². The summed E-state index contributed by atoms with van der Waals surface area (Å²) in [5, 5.41) is 0.797. The van der Waals surface area contributed by atoms with E-state index in [1.165, 1.54) is 0 Å². The van der Waals surface area contributed by atoms with Gasteiger partial charge in [0.05, 0.1) is 44.9 Å². The highest BCUT2D eigenvalue weighted by Crippen LogP contribution is 2.82. The van der Waals surface area contributed by atoms with Gasteiger partial charge in [0.15, 0.2) is 0 Å². The fraction of sp³-hybridized carbons (Fsp3) is 0.304. The Balaban J connectivity index is 0.00000604.